The number of nitrogens with one attached hydrogen (secondary N) is 1. The van der Waals surface area contributed by atoms with Gasteiger partial charge in [0.1, 0.15) is 11.5 Å². The van der Waals surface area contributed by atoms with Crippen LogP contribution in [-0.2, 0) is 6.54 Å². The monoisotopic (exact) mass is 251 g/mol. The summed E-state index contributed by atoms with van der Waals surface area (Å²) in [4.78, 5) is 0. The number of hydrogen-bond acceptors (Lipinski definition) is 3. The molecule has 3 nitrogen and oxygen atoms in total. The van der Waals surface area contributed by atoms with Crippen molar-refractivity contribution in [3.8, 4) is 5.75 Å². The Balaban J connectivity index is 2.10. The Kier molecular flexibility index (Phi) is 3.94. The molecular weight excluding hydrogens is 238 g/mol. The summed E-state index contributed by atoms with van der Waals surface area (Å²) >= 11 is 5.96. The molecule has 0 amide bonds. The van der Waals surface area contributed by atoms with Gasteiger partial charge in [0, 0.05) is 5.02 Å². The molecular formula is C13H14ClNO2. The van der Waals surface area contributed by atoms with E-state index < -0.39 is 0 Å². The first kappa shape index (κ1) is 11.9. The van der Waals surface area contributed by atoms with E-state index in [-0.39, 0.29) is 0 Å². The van der Waals surface area contributed by atoms with Crippen LogP contribution in [-0.4, -0.2) is 6.61 Å². The molecule has 1 heterocycles. The Labute approximate surface area is 105 Å². The van der Waals surface area contributed by atoms with Gasteiger partial charge in [0.15, 0.2) is 0 Å². The van der Waals surface area contributed by atoms with Crippen molar-refractivity contribution in [3.05, 3.63) is 47.4 Å². The Bertz CT molecular complexity index is 468. The lowest BCUT2D eigenvalue weighted by Crippen LogP contribution is -2.02. The highest BCUT2D eigenvalue weighted by Crippen LogP contribution is 2.28. The van der Waals surface area contributed by atoms with Gasteiger partial charge in [-0.2, -0.15) is 0 Å². The fraction of sp³-hybridized carbons (Fsp3) is 0.231. The normalized spacial score (nSPS) is 10.2. The molecule has 0 unspecified atom stereocenters. The van der Waals surface area contributed by atoms with E-state index in [1.165, 1.54) is 0 Å². The van der Waals surface area contributed by atoms with Crippen molar-refractivity contribution in [2.45, 2.75) is 13.5 Å². The Morgan fingerprint density at radius 2 is 2.24 bits per heavy atom. The maximum Gasteiger partial charge on any atom is 0.142 e. The van der Waals surface area contributed by atoms with Gasteiger partial charge in [0.05, 0.1) is 25.1 Å². The largest absolute Gasteiger partial charge is 0.492 e. The minimum absolute atomic E-state index is 0.605. The third kappa shape index (κ3) is 3.17. The van der Waals surface area contributed by atoms with Crippen LogP contribution in [0.3, 0.4) is 0 Å². The maximum atomic E-state index is 5.96. The van der Waals surface area contributed by atoms with Gasteiger partial charge in [0.25, 0.3) is 0 Å². The zero-order valence-corrected chi connectivity index (χ0v) is 10.3. The first-order chi connectivity index (χ1) is 8.29. The second-order valence-corrected chi connectivity index (χ2v) is 3.94. The van der Waals surface area contributed by atoms with Crippen LogP contribution >= 0.6 is 11.6 Å². The Morgan fingerprint density at radius 3 is 2.94 bits per heavy atom. The molecule has 0 saturated heterocycles. The van der Waals surface area contributed by atoms with E-state index in [4.69, 9.17) is 20.8 Å². The van der Waals surface area contributed by atoms with Crippen molar-refractivity contribution >= 4 is 17.3 Å². The summed E-state index contributed by atoms with van der Waals surface area (Å²) in [6.07, 6.45) is 1.65. The van der Waals surface area contributed by atoms with Crippen LogP contribution in [0.2, 0.25) is 5.02 Å². The summed E-state index contributed by atoms with van der Waals surface area (Å²) in [5.41, 5.74) is 0.871. The molecule has 0 spiro atoms. The minimum Gasteiger partial charge on any atom is -0.492 e. The lowest BCUT2D eigenvalue weighted by atomic mass is 10.3. The van der Waals surface area contributed by atoms with Gasteiger partial charge in [-0.15, -0.1) is 0 Å². The standard InChI is InChI=1S/C13H14ClNO2/c1-2-16-13-6-5-10(14)8-12(13)15-9-11-4-3-7-17-11/h3-8,15H,2,9H2,1H3. The molecule has 17 heavy (non-hydrogen) atoms. The molecule has 0 radical (unpaired) electrons. The highest BCUT2D eigenvalue weighted by atomic mass is 35.5. The molecule has 0 aliphatic heterocycles. The summed E-state index contributed by atoms with van der Waals surface area (Å²) in [5.74, 6) is 1.66. The number of ether oxygens (including phenoxy) is 1. The molecule has 4 heteroatoms. The molecule has 0 aliphatic carbocycles. The molecule has 1 aromatic carbocycles. The Morgan fingerprint density at radius 1 is 1.35 bits per heavy atom. The van der Waals surface area contributed by atoms with Gasteiger partial charge in [-0.1, -0.05) is 11.6 Å². The quantitative estimate of drug-likeness (QED) is 0.874. The number of benzene rings is 1. The van der Waals surface area contributed by atoms with E-state index >= 15 is 0 Å². The smallest absolute Gasteiger partial charge is 0.142 e. The van der Waals surface area contributed by atoms with E-state index in [1.54, 1.807) is 6.26 Å². The van der Waals surface area contributed by atoms with Gasteiger partial charge in [-0.25, -0.2) is 0 Å². The highest BCUT2D eigenvalue weighted by molar-refractivity contribution is 6.30. The first-order valence-electron chi connectivity index (χ1n) is 5.48. The summed E-state index contributed by atoms with van der Waals surface area (Å²) in [7, 11) is 0. The molecule has 1 aromatic heterocycles. The molecule has 2 rings (SSSR count). The summed E-state index contributed by atoms with van der Waals surface area (Å²) in [6, 6.07) is 9.28. The van der Waals surface area contributed by atoms with Crippen LogP contribution in [0.5, 0.6) is 5.75 Å². The van der Waals surface area contributed by atoms with Crippen LogP contribution in [0.1, 0.15) is 12.7 Å². The van der Waals surface area contributed by atoms with Crippen molar-refractivity contribution in [3.63, 3.8) is 0 Å². The predicted octanol–water partition coefficient (Wildman–Crippen LogP) is 3.94. The topological polar surface area (TPSA) is 34.4 Å². The second-order valence-electron chi connectivity index (χ2n) is 3.51. The van der Waals surface area contributed by atoms with E-state index in [0.29, 0.717) is 18.2 Å². The number of furan rings is 1. The number of halogens is 1. The SMILES string of the molecule is CCOc1ccc(Cl)cc1NCc1ccco1. The lowest BCUT2D eigenvalue weighted by Gasteiger charge is -2.11. The van der Waals surface area contributed by atoms with Crippen LogP contribution in [0.25, 0.3) is 0 Å². The molecule has 0 aliphatic rings. The van der Waals surface area contributed by atoms with Crippen molar-refractivity contribution in [2.24, 2.45) is 0 Å². The average Bonchev–Trinajstić information content (AvgIpc) is 2.82. The first-order valence-corrected chi connectivity index (χ1v) is 5.86. The van der Waals surface area contributed by atoms with Gasteiger partial charge < -0.3 is 14.5 Å². The van der Waals surface area contributed by atoms with Crippen molar-refractivity contribution in [2.75, 3.05) is 11.9 Å². The number of rotatable bonds is 5. The van der Waals surface area contributed by atoms with Crippen molar-refractivity contribution in [1.82, 2.24) is 0 Å². The fourth-order valence-electron chi connectivity index (χ4n) is 1.52. The zero-order valence-electron chi connectivity index (χ0n) is 9.57. The lowest BCUT2D eigenvalue weighted by molar-refractivity contribution is 0.341. The molecule has 0 bridgehead atoms. The summed E-state index contributed by atoms with van der Waals surface area (Å²) in [6.45, 7) is 3.18. The Hall–Kier alpha value is -1.61. The van der Waals surface area contributed by atoms with E-state index in [2.05, 4.69) is 5.32 Å². The summed E-state index contributed by atoms with van der Waals surface area (Å²) in [5, 5.41) is 3.91. The summed E-state index contributed by atoms with van der Waals surface area (Å²) < 4.78 is 10.8. The van der Waals surface area contributed by atoms with E-state index in [1.807, 2.05) is 37.3 Å². The molecule has 0 atom stereocenters. The minimum atomic E-state index is 0.605. The van der Waals surface area contributed by atoms with Crippen molar-refractivity contribution < 1.29 is 9.15 Å². The third-order valence-corrected chi connectivity index (χ3v) is 2.51. The molecule has 0 saturated carbocycles. The third-order valence-electron chi connectivity index (χ3n) is 2.27. The van der Waals surface area contributed by atoms with Gasteiger partial charge in [0.2, 0.25) is 0 Å². The zero-order chi connectivity index (χ0) is 12.1. The van der Waals surface area contributed by atoms with Gasteiger partial charge in [-0.05, 0) is 37.3 Å². The van der Waals surface area contributed by atoms with Crippen molar-refractivity contribution in [1.29, 1.82) is 0 Å². The molecule has 1 N–H and O–H groups in total. The molecule has 2 aromatic rings. The van der Waals surface area contributed by atoms with E-state index in [9.17, 15) is 0 Å². The van der Waals surface area contributed by atoms with Gasteiger partial charge >= 0.3 is 0 Å². The number of anilines is 1. The highest BCUT2D eigenvalue weighted by Gasteiger charge is 2.04. The van der Waals surface area contributed by atoms with Crippen LogP contribution in [0, 0.1) is 0 Å². The number of hydrogen-bond donors (Lipinski definition) is 1. The van der Waals surface area contributed by atoms with E-state index in [0.717, 1.165) is 17.2 Å². The fourth-order valence-corrected chi connectivity index (χ4v) is 1.69. The van der Waals surface area contributed by atoms with Gasteiger partial charge in [-0.3, -0.25) is 0 Å². The average molecular weight is 252 g/mol. The van der Waals surface area contributed by atoms with Crippen LogP contribution in [0.15, 0.2) is 41.0 Å². The molecule has 0 fully saturated rings. The maximum absolute atomic E-state index is 5.96. The second kappa shape index (κ2) is 5.64. The van der Waals surface area contributed by atoms with Crippen LogP contribution in [0.4, 0.5) is 5.69 Å². The molecule has 90 valence electrons. The van der Waals surface area contributed by atoms with Crippen LogP contribution < -0.4 is 10.1 Å². The predicted molar refractivity (Wildman–Crippen MR) is 68.7 cm³/mol.